The molecule has 0 unspecified atom stereocenters. The minimum Gasteiger partial charge on any atom is -0.446 e. The van der Waals surface area contributed by atoms with E-state index >= 15 is 0 Å². The molecule has 0 aliphatic heterocycles. The summed E-state index contributed by atoms with van der Waals surface area (Å²) >= 11 is 0. The molecule has 3 nitrogen and oxygen atoms in total. The van der Waals surface area contributed by atoms with E-state index in [9.17, 15) is 4.39 Å². The van der Waals surface area contributed by atoms with E-state index in [-0.39, 0.29) is 18.3 Å². The number of oxazole rings is 1. The van der Waals surface area contributed by atoms with Crippen molar-refractivity contribution in [3.05, 3.63) is 42.2 Å². The predicted molar refractivity (Wildman–Crippen MR) is 47.8 cm³/mol. The molecule has 2 rings (SSSR count). The monoisotopic (exact) mass is 193 g/mol. The van der Waals surface area contributed by atoms with E-state index in [2.05, 4.69) is 4.98 Å². The zero-order valence-corrected chi connectivity index (χ0v) is 7.27. The van der Waals surface area contributed by atoms with Crippen LogP contribution in [0.1, 0.15) is 5.89 Å². The Labute approximate surface area is 79.8 Å². The van der Waals surface area contributed by atoms with Gasteiger partial charge in [-0.2, -0.15) is 0 Å². The van der Waals surface area contributed by atoms with Crippen molar-refractivity contribution in [1.29, 1.82) is 0 Å². The second kappa shape index (κ2) is 3.59. The van der Waals surface area contributed by atoms with Crippen molar-refractivity contribution in [2.75, 3.05) is 0 Å². The lowest BCUT2D eigenvalue weighted by atomic mass is 10.2. The zero-order valence-electron chi connectivity index (χ0n) is 7.27. The maximum absolute atomic E-state index is 12.8. The molecule has 72 valence electrons. The smallest absolute Gasteiger partial charge is 0.220 e. The first-order chi connectivity index (χ1) is 6.79. The van der Waals surface area contributed by atoms with E-state index in [4.69, 9.17) is 9.52 Å². The standard InChI is InChI=1S/C10H8FNO2/c11-8-3-1-2-7(4-8)9-6-14-10(5-13)12-9/h1-4,6,13H,5H2. The predicted octanol–water partition coefficient (Wildman–Crippen LogP) is 1.97. The lowest BCUT2D eigenvalue weighted by molar-refractivity contribution is 0.240. The van der Waals surface area contributed by atoms with Crippen molar-refractivity contribution >= 4 is 0 Å². The van der Waals surface area contributed by atoms with Crippen molar-refractivity contribution in [2.45, 2.75) is 6.61 Å². The Hall–Kier alpha value is -1.68. The average molecular weight is 193 g/mol. The minimum atomic E-state index is -0.323. The average Bonchev–Trinajstić information content (AvgIpc) is 2.66. The Kier molecular flexibility index (Phi) is 2.28. The van der Waals surface area contributed by atoms with E-state index in [1.807, 2.05) is 0 Å². The second-order valence-corrected chi connectivity index (χ2v) is 2.79. The summed E-state index contributed by atoms with van der Waals surface area (Å²) in [6.07, 6.45) is 1.39. The molecular formula is C10H8FNO2. The molecule has 0 amide bonds. The molecule has 0 aliphatic carbocycles. The van der Waals surface area contributed by atoms with Gasteiger partial charge in [-0.25, -0.2) is 9.37 Å². The number of halogens is 1. The van der Waals surface area contributed by atoms with Gasteiger partial charge >= 0.3 is 0 Å². The fraction of sp³-hybridized carbons (Fsp3) is 0.100. The van der Waals surface area contributed by atoms with Crippen LogP contribution in [0, 0.1) is 5.82 Å². The molecule has 0 spiro atoms. The molecule has 2 aromatic rings. The fourth-order valence-electron chi connectivity index (χ4n) is 1.16. The van der Waals surface area contributed by atoms with Crippen LogP contribution in [0.15, 0.2) is 34.9 Å². The van der Waals surface area contributed by atoms with Gasteiger partial charge in [0.2, 0.25) is 5.89 Å². The van der Waals surface area contributed by atoms with Crippen LogP contribution < -0.4 is 0 Å². The third kappa shape index (κ3) is 1.65. The highest BCUT2D eigenvalue weighted by atomic mass is 19.1. The van der Waals surface area contributed by atoms with Crippen LogP contribution in [-0.4, -0.2) is 10.1 Å². The van der Waals surface area contributed by atoms with Crippen LogP contribution >= 0.6 is 0 Å². The molecule has 1 aromatic carbocycles. The highest BCUT2D eigenvalue weighted by molar-refractivity contribution is 5.57. The number of benzene rings is 1. The van der Waals surface area contributed by atoms with Gasteiger partial charge < -0.3 is 9.52 Å². The third-order valence-corrected chi connectivity index (χ3v) is 1.81. The van der Waals surface area contributed by atoms with Crippen molar-refractivity contribution in [3.63, 3.8) is 0 Å². The van der Waals surface area contributed by atoms with Crippen molar-refractivity contribution in [2.24, 2.45) is 0 Å². The molecule has 0 saturated carbocycles. The maximum atomic E-state index is 12.8. The van der Waals surface area contributed by atoms with Crippen LogP contribution in [-0.2, 0) is 6.61 Å². The molecule has 0 fully saturated rings. The topological polar surface area (TPSA) is 46.3 Å². The van der Waals surface area contributed by atoms with Gasteiger partial charge in [0.15, 0.2) is 0 Å². The molecule has 0 bridgehead atoms. The molecule has 14 heavy (non-hydrogen) atoms. The maximum Gasteiger partial charge on any atom is 0.220 e. The number of hydrogen-bond donors (Lipinski definition) is 1. The molecule has 1 aromatic heterocycles. The fourth-order valence-corrected chi connectivity index (χ4v) is 1.16. The quantitative estimate of drug-likeness (QED) is 0.793. The van der Waals surface area contributed by atoms with Crippen molar-refractivity contribution < 1.29 is 13.9 Å². The van der Waals surface area contributed by atoms with E-state index in [1.165, 1.54) is 18.4 Å². The molecule has 0 aliphatic rings. The van der Waals surface area contributed by atoms with Crippen LogP contribution in [0.3, 0.4) is 0 Å². The number of aromatic nitrogens is 1. The third-order valence-electron chi connectivity index (χ3n) is 1.81. The van der Waals surface area contributed by atoms with Crippen LogP contribution in [0.4, 0.5) is 4.39 Å². The number of nitrogens with zero attached hydrogens (tertiary/aromatic N) is 1. The van der Waals surface area contributed by atoms with E-state index in [0.717, 1.165) is 0 Å². The Bertz CT molecular complexity index is 439. The van der Waals surface area contributed by atoms with Crippen molar-refractivity contribution in [1.82, 2.24) is 4.98 Å². The number of rotatable bonds is 2. The summed E-state index contributed by atoms with van der Waals surface area (Å²) in [7, 11) is 0. The van der Waals surface area contributed by atoms with Gasteiger partial charge in [-0.3, -0.25) is 0 Å². The van der Waals surface area contributed by atoms with E-state index < -0.39 is 0 Å². The summed E-state index contributed by atoms with van der Waals surface area (Å²) in [5.41, 5.74) is 1.15. The van der Waals surface area contributed by atoms with E-state index in [1.54, 1.807) is 12.1 Å². The van der Waals surface area contributed by atoms with Gasteiger partial charge in [0.05, 0.1) is 0 Å². The second-order valence-electron chi connectivity index (χ2n) is 2.79. The summed E-state index contributed by atoms with van der Waals surface area (Å²) in [6.45, 7) is -0.255. The summed E-state index contributed by atoms with van der Waals surface area (Å²) in [5.74, 6) is -0.0969. The highest BCUT2D eigenvalue weighted by Gasteiger charge is 2.05. The number of aliphatic hydroxyl groups is 1. The Morgan fingerprint density at radius 3 is 2.93 bits per heavy atom. The van der Waals surface area contributed by atoms with Crippen LogP contribution in [0.5, 0.6) is 0 Å². The van der Waals surface area contributed by atoms with Gasteiger partial charge in [0.25, 0.3) is 0 Å². The first-order valence-corrected chi connectivity index (χ1v) is 4.11. The van der Waals surface area contributed by atoms with Gasteiger partial charge in [-0.1, -0.05) is 12.1 Å². The Balaban J connectivity index is 2.39. The molecule has 1 N–H and O–H groups in total. The van der Waals surface area contributed by atoms with Gasteiger partial charge in [-0.15, -0.1) is 0 Å². The lowest BCUT2D eigenvalue weighted by Crippen LogP contribution is -1.83. The lowest BCUT2D eigenvalue weighted by Gasteiger charge is -1.94. The van der Waals surface area contributed by atoms with Gasteiger partial charge in [0, 0.05) is 5.56 Å². The molecule has 0 atom stereocenters. The largest absolute Gasteiger partial charge is 0.446 e. The van der Waals surface area contributed by atoms with Gasteiger partial charge in [-0.05, 0) is 12.1 Å². The van der Waals surface area contributed by atoms with Crippen LogP contribution in [0.25, 0.3) is 11.3 Å². The Morgan fingerprint density at radius 2 is 2.29 bits per heavy atom. The highest BCUT2D eigenvalue weighted by Crippen LogP contribution is 2.19. The van der Waals surface area contributed by atoms with Gasteiger partial charge in [0.1, 0.15) is 24.4 Å². The number of aliphatic hydroxyl groups excluding tert-OH is 1. The SMILES string of the molecule is OCc1nc(-c2cccc(F)c2)co1. The molecular weight excluding hydrogens is 185 g/mol. The molecule has 1 heterocycles. The normalized spacial score (nSPS) is 10.4. The molecule has 0 radical (unpaired) electrons. The Morgan fingerprint density at radius 1 is 1.43 bits per heavy atom. The molecule has 4 heteroatoms. The number of hydrogen-bond acceptors (Lipinski definition) is 3. The zero-order chi connectivity index (χ0) is 9.97. The molecule has 0 saturated heterocycles. The summed E-state index contributed by atoms with van der Waals surface area (Å²) < 4.78 is 17.8. The first kappa shape index (κ1) is 8.90. The van der Waals surface area contributed by atoms with E-state index in [0.29, 0.717) is 11.3 Å². The minimum absolute atomic E-state index is 0.226. The summed E-state index contributed by atoms with van der Waals surface area (Å²) in [6, 6.07) is 6.04. The first-order valence-electron chi connectivity index (χ1n) is 4.11. The van der Waals surface area contributed by atoms with Crippen molar-refractivity contribution in [3.8, 4) is 11.3 Å². The van der Waals surface area contributed by atoms with Crippen LogP contribution in [0.2, 0.25) is 0 Å². The summed E-state index contributed by atoms with van der Waals surface area (Å²) in [5, 5.41) is 8.72. The summed E-state index contributed by atoms with van der Waals surface area (Å²) in [4.78, 5) is 3.96.